The van der Waals surface area contributed by atoms with Crippen LogP contribution in [0.4, 0.5) is 0 Å². The maximum atomic E-state index is 6.22. The van der Waals surface area contributed by atoms with E-state index in [9.17, 15) is 0 Å². The quantitative estimate of drug-likeness (QED) is 0.819. The molecule has 0 spiro atoms. The summed E-state index contributed by atoms with van der Waals surface area (Å²) >= 11 is 8.13. The van der Waals surface area contributed by atoms with Crippen molar-refractivity contribution >= 4 is 22.9 Å². The number of nitrogens with zero attached hydrogens (tertiary/aromatic N) is 1. The van der Waals surface area contributed by atoms with Gasteiger partial charge in [-0.3, -0.25) is 4.90 Å². The maximum Gasteiger partial charge on any atom is 0.0451 e. The first-order chi connectivity index (χ1) is 10.2. The highest BCUT2D eigenvalue weighted by molar-refractivity contribution is 7.11. The van der Waals surface area contributed by atoms with E-state index in [0.717, 1.165) is 30.7 Å². The van der Waals surface area contributed by atoms with Crippen LogP contribution in [0.1, 0.15) is 28.2 Å². The van der Waals surface area contributed by atoms with Crippen molar-refractivity contribution in [2.75, 3.05) is 7.05 Å². The minimum absolute atomic E-state index is 0.776. The van der Waals surface area contributed by atoms with Gasteiger partial charge in [0.25, 0.3) is 0 Å². The molecule has 0 radical (unpaired) electrons. The van der Waals surface area contributed by atoms with E-state index < -0.39 is 0 Å². The fraction of sp³-hybridized carbons (Fsp3) is 0.412. The summed E-state index contributed by atoms with van der Waals surface area (Å²) in [5.41, 5.74) is 1.19. The lowest BCUT2D eigenvalue weighted by atomic mass is 10.2. The maximum absolute atomic E-state index is 6.22. The van der Waals surface area contributed by atoms with E-state index in [-0.39, 0.29) is 0 Å². The third-order valence-corrected chi connectivity index (χ3v) is 5.12. The second-order valence-corrected chi connectivity index (χ2v) is 7.45. The summed E-state index contributed by atoms with van der Waals surface area (Å²) in [5, 5.41) is 4.42. The minimum atomic E-state index is 0.776. The van der Waals surface area contributed by atoms with Gasteiger partial charge < -0.3 is 5.32 Å². The fourth-order valence-electron chi connectivity index (χ4n) is 2.37. The first-order valence-electron chi connectivity index (χ1n) is 7.43. The molecule has 0 bridgehead atoms. The summed E-state index contributed by atoms with van der Waals surface area (Å²) in [6.07, 6.45) is 2.69. The van der Waals surface area contributed by atoms with E-state index in [0.29, 0.717) is 0 Å². The number of hydrogen-bond donors (Lipinski definition) is 1. The smallest absolute Gasteiger partial charge is 0.0451 e. The van der Waals surface area contributed by atoms with Crippen molar-refractivity contribution in [1.29, 1.82) is 0 Å². The molecule has 1 aromatic carbocycles. The van der Waals surface area contributed by atoms with E-state index in [1.54, 1.807) is 0 Å². The lowest BCUT2D eigenvalue weighted by Gasteiger charge is -2.16. The van der Waals surface area contributed by atoms with Gasteiger partial charge in [-0.25, -0.2) is 0 Å². The van der Waals surface area contributed by atoms with Gasteiger partial charge in [-0.1, -0.05) is 29.8 Å². The van der Waals surface area contributed by atoms with Crippen LogP contribution in [-0.4, -0.2) is 18.0 Å². The Bertz CT molecular complexity index is 592. The lowest BCUT2D eigenvalue weighted by molar-refractivity contribution is 0.322. The van der Waals surface area contributed by atoms with Gasteiger partial charge in [0.05, 0.1) is 0 Å². The molecule has 2 aromatic rings. The molecular formula is C17H21ClN2S. The average molecular weight is 321 g/mol. The van der Waals surface area contributed by atoms with Gasteiger partial charge >= 0.3 is 0 Å². The van der Waals surface area contributed by atoms with E-state index in [2.05, 4.69) is 35.5 Å². The van der Waals surface area contributed by atoms with E-state index in [4.69, 9.17) is 11.6 Å². The van der Waals surface area contributed by atoms with Gasteiger partial charge in [-0.05, 0) is 43.7 Å². The number of benzene rings is 1. The van der Waals surface area contributed by atoms with E-state index in [1.165, 1.54) is 28.2 Å². The topological polar surface area (TPSA) is 15.3 Å². The molecule has 0 amide bonds. The molecule has 1 fully saturated rings. The van der Waals surface area contributed by atoms with Crippen molar-refractivity contribution in [1.82, 2.24) is 10.2 Å². The van der Waals surface area contributed by atoms with Gasteiger partial charge in [-0.2, -0.15) is 0 Å². The van der Waals surface area contributed by atoms with Crippen LogP contribution in [0.2, 0.25) is 5.02 Å². The number of nitrogens with one attached hydrogen (secondary N) is 1. The fourth-order valence-corrected chi connectivity index (χ4v) is 3.62. The Morgan fingerprint density at radius 3 is 2.67 bits per heavy atom. The van der Waals surface area contributed by atoms with Gasteiger partial charge in [0.1, 0.15) is 0 Å². The Labute approximate surface area is 135 Å². The number of halogens is 1. The summed E-state index contributed by atoms with van der Waals surface area (Å²) < 4.78 is 0. The molecular weight excluding hydrogens is 300 g/mol. The molecule has 1 aliphatic carbocycles. The molecule has 1 aliphatic rings. The number of thiophene rings is 1. The third kappa shape index (κ3) is 4.55. The minimum Gasteiger partial charge on any atom is -0.309 e. The van der Waals surface area contributed by atoms with Crippen molar-refractivity contribution < 1.29 is 0 Å². The third-order valence-electron chi connectivity index (χ3n) is 3.68. The molecule has 0 unspecified atom stereocenters. The molecule has 1 aromatic heterocycles. The monoisotopic (exact) mass is 320 g/mol. The van der Waals surface area contributed by atoms with Gasteiger partial charge in [-0.15, -0.1) is 11.3 Å². The zero-order valence-electron chi connectivity index (χ0n) is 12.3. The lowest BCUT2D eigenvalue weighted by Crippen LogP contribution is -2.16. The van der Waals surface area contributed by atoms with Crippen molar-refractivity contribution in [2.24, 2.45) is 0 Å². The largest absolute Gasteiger partial charge is 0.309 e. The second kappa shape index (κ2) is 6.93. The first kappa shape index (κ1) is 15.0. The van der Waals surface area contributed by atoms with Gasteiger partial charge in [0.15, 0.2) is 0 Å². The van der Waals surface area contributed by atoms with Crippen molar-refractivity contribution in [3.05, 3.63) is 56.7 Å². The van der Waals surface area contributed by atoms with Crippen molar-refractivity contribution in [3.63, 3.8) is 0 Å². The zero-order chi connectivity index (χ0) is 14.7. The SMILES string of the molecule is CN(Cc1ccc(CNC2CC2)s1)Cc1ccccc1Cl. The van der Waals surface area contributed by atoms with Crippen LogP contribution in [0.5, 0.6) is 0 Å². The number of hydrogen-bond acceptors (Lipinski definition) is 3. The van der Waals surface area contributed by atoms with Gasteiger partial charge in [0.2, 0.25) is 0 Å². The predicted molar refractivity (Wildman–Crippen MR) is 90.8 cm³/mol. The standard InChI is InChI=1S/C17H21ClN2S/c1-20(11-13-4-2-3-5-17(13)18)12-16-9-8-15(21-16)10-19-14-6-7-14/h2-5,8-9,14,19H,6-7,10-12H2,1H3. The number of rotatable bonds is 7. The van der Waals surface area contributed by atoms with E-state index >= 15 is 0 Å². The van der Waals surface area contributed by atoms with Crippen LogP contribution in [-0.2, 0) is 19.6 Å². The Morgan fingerprint density at radius 1 is 1.14 bits per heavy atom. The molecule has 0 atom stereocenters. The van der Waals surface area contributed by atoms with Crippen LogP contribution in [0.3, 0.4) is 0 Å². The summed E-state index contributed by atoms with van der Waals surface area (Å²) in [4.78, 5) is 5.16. The predicted octanol–water partition coefficient (Wildman–Crippen LogP) is 4.29. The Morgan fingerprint density at radius 2 is 1.90 bits per heavy atom. The highest BCUT2D eigenvalue weighted by Crippen LogP contribution is 2.23. The van der Waals surface area contributed by atoms with Crippen LogP contribution in [0, 0.1) is 0 Å². The van der Waals surface area contributed by atoms with Crippen molar-refractivity contribution in [3.8, 4) is 0 Å². The highest BCUT2D eigenvalue weighted by Gasteiger charge is 2.20. The molecule has 21 heavy (non-hydrogen) atoms. The Balaban J connectivity index is 1.52. The summed E-state index contributed by atoms with van der Waals surface area (Å²) in [5.74, 6) is 0. The highest BCUT2D eigenvalue weighted by atomic mass is 35.5. The molecule has 3 rings (SSSR count). The van der Waals surface area contributed by atoms with Crippen LogP contribution in [0.15, 0.2) is 36.4 Å². The van der Waals surface area contributed by atoms with Crippen LogP contribution in [0.25, 0.3) is 0 Å². The van der Waals surface area contributed by atoms with Crippen LogP contribution >= 0.6 is 22.9 Å². The zero-order valence-corrected chi connectivity index (χ0v) is 13.9. The molecule has 1 N–H and O–H groups in total. The summed E-state index contributed by atoms with van der Waals surface area (Å²) in [6.45, 7) is 2.87. The molecule has 0 saturated heterocycles. The molecule has 1 saturated carbocycles. The Kier molecular flexibility index (Phi) is 4.96. The molecule has 1 heterocycles. The first-order valence-corrected chi connectivity index (χ1v) is 8.63. The second-order valence-electron chi connectivity index (χ2n) is 5.79. The normalized spacial score (nSPS) is 14.8. The van der Waals surface area contributed by atoms with E-state index in [1.807, 2.05) is 29.5 Å². The van der Waals surface area contributed by atoms with Crippen LogP contribution < -0.4 is 5.32 Å². The molecule has 112 valence electrons. The summed E-state index contributed by atoms with van der Waals surface area (Å²) in [6, 6.07) is 13.3. The molecule has 4 heteroatoms. The molecule has 0 aliphatic heterocycles. The average Bonchev–Trinajstić information content (AvgIpc) is 3.19. The summed E-state index contributed by atoms with van der Waals surface area (Å²) in [7, 11) is 2.14. The Hall–Kier alpha value is -0.870. The molecule has 2 nitrogen and oxygen atoms in total. The van der Waals surface area contributed by atoms with Gasteiger partial charge in [0, 0.05) is 40.5 Å². The van der Waals surface area contributed by atoms with Crippen molar-refractivity contribution in [2.45, 2.75) is 38.5 Å².